The second-order valence-electron chi connectivity index (χ2n) is 4.20. The van der Waals surface area contributed by atoms with Gasteiger partial charge in [0.25, 0.3) is 0 Å². The van der Waals surface area contributed by atoms with Crippen LogP contribution in [0.1, 0.15) is 29.7 Å². The number of nitrogens with one attached hydrogen (secondary N) is 1. The van der Waals surface area contributed by atoms with Gasteiger partial charge in [0.15, 0.2) is 0 Å². The summed E-state index contributed by atoms with van der Waals surface area (Å²) in [6.07, 6.45) is 3.63. The van der Waals surface area contributed by atoms with Gasteiger partial charge >= 0.3 is 0 Å². The van der Waals surface area contributed by atoms with Crippen LogP contribution in [0.25, 0.3) is 0 Å². The van der Waals surface area contributed by atoms with Gasteiger partial charge in [0, 0.05) is 25.0 Å². The van der Waals surface area contributed by atoms with Crippen LogP contribution in [0.15, 0.2) is 48.8 Å². The van der Waals surface area contributed by atoms with E-state index in [2.05, 4.69) is 29.4 Å². The molecule has 2 rings (SSSR count). The number of hydrogen-bond acceptors (Lipinski definition) is 3. The molecule has 2 aromatic rings. The maximum absolute atomic E-state index is 8.84. The van der Waals surface area contributed by atoms with Crippen molar-refractivity contribution >= 4 is 0 Å². The molecule has 1 atom stereocenters. The van der Waals surface area contributed by atoms with Crippen LogP contribution < -0.4 is 5.32 Å². The van der Waals surface area contributed by atoms with Gasteiger partial charge in [-0.05, 0) is 36.2 Å². The summed E-state index contributed by atoms with van der Waals surface area (Å²) in [5.74, 6) is 0. The first kappa shape index (κ1) is 12.3. The van der Waals surface area contributed by atoms with E-state index in [0.29, 0.717) is 5.56 Å². The highest BCUT2D eigenvalue weighted by Gasteiger charge is 2.04. The number of hydrogen-bond donors (Lipinski definition) is 1. The third-order valence-corrected chi connectivity index (χ3v) is 2.85. The SMILES string of the molecule is CC(NCc1cccc(C#N)c1)c1cccnc1. The van der Waals surface area contributed by atoms with Crippen molar-refractivity contribution in [3.8, 4) is 6.07 Å². The lowest BCUT2D eigenvalue weighted by Gasteiger charge is -2.13. The summed E-state index contributed by atoms with van der Waals surface area (Å²) in [5, 5.41) is 12.3. The molecule has 0 bridgehead atoms. The molecule has 0 radical (unpaired) electrons. The zero-order valence-corrected chi connectivity index (χ0v) is 10.3. The van der Waals surface area contributed by atoms with Crippen LogP contribution in [0, 0.1) is 11.3 Å². The Morgan fingerprint density at radius 2 is 2.22 bits per heavy atom. The number of benzene rings is 1. The van der Waals surface area contributed by atoms with Gasteiger partial charge in [0.05, 0.1) is 11.6 Å². The lowest BCUT2D eigenvalue weighted by Crippen LogP contribution is -2.18. The average molecular weight is 237 g/mol. The quantitative estimate of drug-likeness (QED) is 0.889. The number of rotatable bonds is 4. The van der Waals surface area contributed by atoms with Gasteiger partial charge in [0.1, 0.15) is 0 Å². The van der Waals surface area contributed by atoms with Gasteiger partial charge in [0.2, 0.25) is 0 Å². The van der Waals surface area contributed by atoms with Crippen LogP contribution in [-0.4, -0.2) is 4.98 Å². The second-order valence-corrected chi connectivity index (χ2v) is 4.20. The molecular weight excluding hydrogens is 222 g/mol. The van der Waals surface area contributed by atoms with Crippen molar-refractivity contribution in [2.24, 2.45) is 0 Å². The van der Waals surface area contributed by atoms with Crippen LogP contribution in [0.4, 0.5) is 0 Å². The van der Waals surface area contributed by atoms with Crippen molar-refractivity contribution in [3.05, 3.63) is 65.5 Å². The van der Waals surface area contributed by atoms with E-state index in [1.54, 1.807) is 6.20 Å². The van der Waals surface area contributed by atoms with E-state index in [4.69, 9.17) is 5.26 Å². The Hall–Kier alpha value is -2.18. The fourth-order valence-electron chi connectivity index (χ4n) is 1.77. The minimum Gasteiger partial charge on any atom is -0.306 e. The molecule has 0 aliphatic carbocycles. The van der Waals surface area contributed by atoms with Crippen LogP contribution >= 0.6 is 0 Å². The van der Waals surface area contributed by atoms with Crippen molar-refractivity contribution in [1.82, 2.24) is 10.3 Å². The van der Waals surface area contributed by atoms with Gasteiger partial charge in [-0.25, -0.2) is 0 Å². The first-order chi connectivity index (χ1) is 8.79. The Balaban J connectivity index is 1.97. The number of aromatic nitrogens is 1. The molecule has 0 amide bonds. The molecule has 90 valence electrons. The minimum atomic E-state index is 0.240. The molecule has 18 heavy (non-hydrogen) atoms. The van der Waals surface area contributed by atoms with E-state index in [-0.39, 0.29) is 6.04 Å². The van der Waals surface area contributed by atoms with Gasteiger partial charge < -0.3 is 5.32 Å². The second kappa shape index (κ2) is 5.95. The highest BCUT2D eigenvalue weighted by molar-refractivity contribution is 5.32. The number of pyridine rings is 1. The molecule has 1 aromatic carbocycles. The average Bonchev–Trinajstić information content (AvgIpc) is 2.46. The van der Waals surface area contributed by atoms with Crippen LogP contribution in [0.5, 0.6) is 0 Å². The summed E-state index contributed by atoms with van der Waals surface area (Å²) in [6.45, 7) is 2.84. The summed E-state index contributed by atoms with van der Waals surface area (Å²) in [5.41, 5.74) is 2.97. The molecular formula is C15H15N3. The van der Waals surface area contributed by atoms with E-state index in [9.17, 15) is 0 Å². The highest BCUT2D eigenvalue weighted by atomic mass is 14.9. The van der Waals surface area contributed by atoms with Crippen LogP contribution in [-0.2, 0) is 6.54 Å². The standard InChI is InChI=1S/C15H15N3/c1-12(15-6-3-7-17-11-15)18-10-14-5-2-4-13(8-14)9-16/h2-8,11-12,18H,10H2,1H3. The summed E-state index contributed by atoms with van der Waals surface area (Å²) in [7, 11) is 0. The van der Waals surface area contributed by atoms with Crippen molar-refractivity contribution in [3.63, 3.8) is 0 Å². The smallest absolute Gasteiger partial charge is 0.0991 e. The van der Waals surface area contributed by atoms with Gasteiger partial charge in [-0.3, -0.25) is 4.98 Å². The number of nitrogens with zero attached hydrogens (tertiary/aromatic N) is 2. The molecule has 3 nitrogen and oxygen atoms in total. The van der Waals surface area contributed by atoms with Gasteiger partial charge in [-0.1, -0.05) is 18.2 Å². The Labute approximate surface area is 107 Å². The van der Waals surface area contributed by atoms with E-state index < -0.39 is 0 Å². The molecule has 1 N–H and O–H groups in total. The third kappa shape index (κ3) is 3.16. The maximum Gasteiger partial charge on any atom is 0.0991 e. The third-order valence-electron chi connectivity index (χ3n) is 2.85. The maximum atomic E-state index is 8.84. The zero-order chi connectivity index (χ0) is 12.8. The monoisotopic (exact) mass is 237 g/mol. The highest BCUT2D eigenvalue weighted by Crippen LogP contribution is 2.11. The van der Waals surface area contributed by atoms with Gasteiger partial charge in [-0.15, -0.1) is 0 Å². The Morgan fingerprint density at radius 3 is 2.94 bits per heavy atom. The van der Waals surface area contributed by atoms with Crippen molar-refractivity contribution in [2.75, 3.05) is 0 Å². The lowest BCUT2D eigenvalue weighted by atomic mass is 10.1. The van der Waals surface area contributed by atoms with E-state index >= 15 is 0 Å². The molecule has 0 saturated heterocycles. The topological polar surface area (TPSA) is 48.7 Å². The molecule has 1 unspecified atom stereocenters. The normalized spacial score (nSPS) is 11.8. The van der Waals surface area contributed by atoms with E-state index in [1.165, 1.54) is 0 Å². The predicted molar refractivity (Wildman–Crippen MR) is 70.6 cm³/mol. The fourth-order valence-corrected chi connectivity index (χ4v) is 1.77. The van der Waals surface area contributed by atoms with Gasteiger partial charge in [-0.2, -0.15) is 5.26 Å². The Kier molecular flexibility index (Phi) is 4.06. The molecule has 3 heteroatoms. The molecule has 1 heterocycles. The molecule has 0 aliphatic heterocycles. The van der Waals surface area contributed by atoms with Crippen molar-refractivity contribution in [1.29, 1.82) is 5.26 Å². The van der Waals surface area contributed by atoms with Crippen LogP contribution in [0.2, 0.25) is 0 Å². The summed E-state index contributed by atoms with van der Waals surface area (Å²) < 4.78 is 0. The first-order valence-electron chi connectivity index (χ1n) is 5.92. The zero-order valence-electron chi connectivity index (χ0n) is 10.3. The molecule has 0 saturated carbocycles. The van der Waals surface area contributed by atoms with E-state index in [1.807, 2.05) is 36.5 Å². The lowest BCUT2D eigenvalue weighted by molar-refractivity contribution is 0.573. The van der Waals surface area contributed by atoms with Crippen LogP contribution in [0.3, 0.4) is 0 Å². The fraction of sp³-hybridized carbons (Fsp3) is 0.200. The largest absolute Gasteiger partial charge is 0.306 e. The summed E-state index contributed by atoms with van der Waals surface area (Å²) >= 11 is 0. The Bertz CT molecular complexity index is 543. The minimum absolute atomic E-state index is 0.240. The van der Waals surface area contributed by atoms with Crippen molar-refractivity contribution < 1.29 is 0 Å². The predicted octanol–water partition coefficient (Wildman–Crippen LogP) is 2.80. The first-order valence-corrected chi connectivity index (χ1v) is 5.92. The molecule has 0 spiro atoms. The summed E-state index contributed by atoms with van der Waals surface area (Å²) in [6, 6.07) is 14.0. The number of nitriles is 1. The van der Waals surface area contributed by atoms with E-state index in [0.717, 1.165) is 17.7 Å². The molecule has 0 aliphatic rings. The molecule has 1 aromatic heterocycles. The van der Waals surface area contributed by atoms with Crippen molar-refractivity contribution in [2.45, 2.75) is 19.5 Å². The molecule has 0 fully saturated rings. The summed E-state index contributed by atoms with van der Waals surface area (Å²) in [4.78, 5) is 4.11. The Morgan fingerprint density at radius 1 is 1.33 bits per heavy atom.